The van der Waals surface area contributed by atoms with E-state index in [1.54, 1.807) is 25.1 Å². The topological polar surface area (TPSA) is 76.7 Å². The fourth-order valence-electron chi connectivity index (χ4n) is 2.94. The van der Waals surface area contributed by atoms with Crippen molar-refractivity contribution < 1.29 is 19.1 Å². The summed E-state index contributed by atoms with van der Waals surface area (Å²) in [6.07, 6.45) is -0.352. The van der Waals surface area contributed by atoms with Crippen LogP contribution in [0, 0.1) is 20.8 Å². The van der Waals surface area contributed by atoms with E-state index in [1.807, 2.05) is 13.8 Å². The van der Waals surface area contributed by atoms with E-state index in [9.17, 15) is 9.59 Å². The molecule has 0 aliphatic heterocycles. The van der Waals surface area contributed by atoms with Crippen LogP contribution < -0.4 is 10.4 Å². The van der Waals surface area contributed by atoms with Crippen LogP contribution in [0.25, 0.3) is 11.0 Å². The number of carboxylic acid groups (broad SMARTS) is 1. The van der Waals surface area contributed by atoms with Crippen LogP contribution in [0.4, 0.5) is 0 Å². The number of carbonyl (C=O) groups is 1. The average Bonchev–Trinajstić information content (AvgIpc) is 2.59. The van der Waals surface area contributed by atoms with E-state index in [0.29, 0.717) is 28.9 Å². The molecule has 0 fully saturated rings. The molecule has 0 aliphatic rings. The van der Waals surface area contributed by atoms with Gasteiger partial charge in [-0.2, -0.15) is 0 Å². The van der Waals surface area contributed by atoms with Gasteiger partial charge in [0.25, 0.3) is 0 Å². The normalized spacial score (nSPS) is 10.9. The molecule has 1 heterocycles. The van der Waals surface area contributed by atoms with Crippen molar-refractivity contribution in [3.63, 3.8) is 0 Å². The van der Waals surface area contributed by atoms with Crippen LogP contribution >= 0.6 is 0 Å². The fourth-order valence-corrected chi connectivity index (χ4v) is 2.94. The van der Waals surface area contributed by atoms with Crippen LogP contribution in [-0.2, 0) is 17.8 Å². The Kier molecular flexibility index (Phi) is 4.80. The second-order valence-electron chi connectivity index (χ2n) is 6.44. The van der Waals surface area contributed by atoms with Crippen molar-refractivity contribution in [3.05, 3.63) is 74.6 Å². The van der Waals surface area contributed by atoms with Crippen molar-refractivity contribution in [2.45, 2.75) is 33.8 Å². The van der Waals surface area contributed by atoms with Crippen LogP contribution in [0.5, 0.6) is 5.75 Å². The van der Waals surface area contributed by atoms with Crippen molar-refractivity contribution in [2.75, 3.05) is 0 Å². The predicted octanol–water partition coefficient (Wildman–Crippen LogP) is 3.92. The molecule has 0 radical (unpaired) electrons. The Balaban J connectivity index is 1.91. The standard InChI is InChI=1S/C21H20O5/c1-12-4-5-13(2)15(8-12)11-25-16-6-7-17-14(3)18(10-20(22)23)21(24)26-19(17)9-16/h4-9H,10-11H2,1-3H3,(H,22,23). The fraction of sp³-hybridized carbons (Fsp3) is 0.238. The van der Waals surface area contributed by atoms with Crippen molar-refractivity contribution in [1.82, 2.24) is 0 Å². The van der Waals surface area contributed by atoms with E-state index in [0.717, 1.165) is 11.1 Å². The number of hydrogen-bond acceptors (Lipinski definition) is 4. The highest BCUT2D eigenvalue weighted by Crippen LogP contribution is 2.25. The number of hydrogen-bond donors (Lipinski definition) is 1. The van der Waals surface area contributed by atoms with Gasteiger partial charge in [0.2, 0.25) is 0 Å². The molecule has 26 heavy (non-hydrogen) atoms. The number of aliphatic carboxylic acids is 1. The Hall–Kier alpha value is -3.08. The van der Waals surface area contributed by atoms with Crippen LogP contribution in [0.1, 0.15) is 27.8 Å². The molecule has 5 nitrogen and oxygen atoms in total. The minimum atomic E-state index is -1.06. The first-order valence-electron chi connectivity index (χ1n) is 8.32. The Labute approximate surface area is 150 Å². The smallest absolute Gasteiger partial charge is 0.340 e. The SMILES string of the molecule is Cc1ccc(C)c(COc2ccc3c(C)c(CC(=O)O)c(=O)oc3c2)c1. The molecule has 1 aromatic heterocycles. The Bertz CT molecular complexity index is 1050. The summed E-state index contributed by atoms with van der Waals surface area (Å²) in [6.45, 7) is 6.21. The number of benzene rings is 2. The molecule has 1 N–H and O–H groups in total. The zero-order valence-corrected chi connectivity index (χ0v) is 15.0. The zero-order valence-electron chi connectivity index (χ0n) is 15.0. The quantitative estimate of drug-likeness (QED) is 0.704. The third-order valence-corrected chi connectivity index (χ3v) is 4.49. The van der Waals surface area contributed by atoms with Crippen molar-refractivity contribution >= 4 is 16.9 Å². The largest absolute Gasteiger partial charge is 0.489 e. The second kappa shape index (κ2) is 7.04. The number of carboxylic acids is 1. The van der Waals surface area contributed by atoms with Crippen LogP contribution in [0.15, 0.2) is 45.6 Å². The van der Waals surface area contributed by atoms with Crippen molar-refractivity contribution in [2.24, 2.45) is 0 Å². The van der Waals surface area contributed by atoms with E-state index in [1.165, 1.54) is 5.56 Å². The van der Waals surface area contributed by atoms with Gasteiger partial charge in [-0.05, 0) is 49.6 Å². The highest BCUT2D eigenvalue weighted by Gasteiger charge is 2.14. The summed E-state index contributed by atoms with van der Waals surface area (Å²) in [5.41, 5.74) is 3.98. The minimum absolute atomic E-state index is 0.175. The van der Waals surface area contributed by atoms with Gasteiger partial charge >= 0.3 is 11.6 Å². The van der Waals surface area contributed by atoms with Crippen LogP contribution in [0.2, 0.25) is 0 Å². The highest BCUT2D eigenvalue weighted by atomic mass is 16.5. The van der Waals surface area contributed by atoms with E-state index < -0.39 is 11.6 Å². The van der Waals surface area contributed by atoms with Crippen molar-refractivity contribution in [3.8, 4) is 5.75 Å². The molecule has 0 amide bonds. The van der Waals surface area contributed by atoms with Gasteiger partial charge in [-0.25, -0.2) is 4.79 Å². The summed E-state index contributed by atoms with van der Waals surface area (Å²) < 4.78 is 11.2. The van der Waals surface area contributed by atoms with Gasteiger partial charge in [0.1, 0.15) is 17.9 Å². The summed E-state index contributed by atoms with van der Waals surface area (Å²) in [7, 11) is 0. The third kappa shape index (κ3) is 3.61. The molecule has 134 valence electrons. The van der Waals surface area contributed by atoms with Gasteiger partial charge in [-0.1, -0.05) is 23.8 Å². The molecule has 0 saturated heterocycles. The summed E-state index contributed by atoms with van der Waals surface area (Å²) >= 11 is 0. The van der Waals surface area contributed by atoms with Gasteiger partial charge in [0, 0.05) is 11.5 Å². The molecule has 3 rings (SSSR count). The van der Waals surface area contributed by atoms with Crippen LogP contribution in [-0.4, -0.2) is 11.1 Å². The third-order valence-electron chi connectivity index (χ3n) is 4.49. The summed E-state index contributed by atoms with van der Waals surface area (Å²) in [6, 6.07) is 11.4. The molecule has 0 spiro atoms. The maximum absolute atomic E-state index is 12.1. The van der Waals surface area contributed by atoms with Gasteiger partial charge in [-0.15, -0.1) is 0 Å². The molecular formula is C21H20O5. The van der Waals surface area contributed by atoms with Gasteiger partial charge in [0.05, 0.1) is 12.0 Å². The van der Waals surface area contributed by atoms with Gasteiger partial charge in [0.15, 0.2) is 0 Å². The Morgan fingerprint density at radius 1 is 1.12 bits per heavy atom. The minimum Gasteiger partial charge on any atom is -0.489 e. The Morgan fingerprint density at radius 2 is 1.88 bits per heavy atom. The lowest BCUT2D eigenvalue weighted by Crippen LogP contribution is -2.14. The van der Waals surface area contributed by atoms with Gasteiger partial charge in [-0.3, -0.25) is 4.79 Å². The van der Waals surface area contributed by atoms with E-state index in [2.05, 4.69) is 18.2 Å². The van der Waals surface area contributed by atoms with E-state index >= 15 is 0 Å². The molecular weight excluding hydrogens is 332 g/mol. The first-order chi connectivity index (χ1) is 12.3. The number of rotatable bonds is 5. The molecule has 0 bridgehead atoms. The zero-order chi connectivity index (χ0) is 18.8. The summed E-state index contributed by atoms with van der Waals surface area (Å²) in [5.74, 6) is -0.472. The molecule has 3 aromatic rings. The van der Waals surface area contributed by atoms with Crippen LogP contribution in [0.3, 0.4) is 0 Å². The predicted molar refractivity (Wildman–Crippen MR) is 98.8 cm³/mol. The van der Waals surface area contributed by atoms with Crippen molar-refractivity contribution in [1.29, 1.82) is 0 Å². The lowest BCUT2D eigenvalue weighted by molar-refractivity contribution is -0.136. The molecule has 5 heteroatoms. The number of ether oxygens (including phenoxy) is 1. The lowest BCUT2D eigenvalue weighted by atomic mass is 10.0. The van der Waals surface area contributed by atoms with Gasteiger partial charge < -0.3 is 14.3 Å². The van der Waals surface area contributed by atoms with E-state index in [-0.39, 0.29) is 12.0 Å². The molecule has 0 atom stereocenters. The first-order valence-corrected chi connectivity index (χ1v) is 8.32. The molecule has 2 aromatic carbocycles. The summed E-state index contributed by atoms with van der Waals surface area (Å²) in [5, 5.41) is 9.66. The number of fused-ring (bicyclic) bond motifs is 1. The highest BCUT2D eigenvalue weighted by molar-refractivity contribution is 5.83. The lowest BCUT2D eigenvalue weighted by Gasteiger charge is -2.11. The van der Waals surface area contributed by atoms with E-state index in [4.69, 9.17) is 14.3 Å². The Morgan fingerprint density at radius 3 is 2.62 bits per heavy atom. The first kappa shape index (κ1) is 17.7. The molecule has 0 saturated carbocycles. The maximum atomic E-state index is 12.1. The second-order valence-corrected chi connectivity index (χ2v) is 6.44. The molecule has 0 aliphatic carbocycles. The number of aryl methyl sites for hydroxylation is 3. The maximum Gasteiger partial charge on any atom is 0.340 e. The summed E-state index contributed by atoms with van der Waals surface area (Å²) in [4.78, 5) is 23.0. The monoisotopic (exact) mass is 352 g/mol. The molecule has 0 unspecified atom stereocenters. The average molecular weight is 352 g/mol.